The standard InChI is InChI=1S/2C18H14N.C13H12N.C12H10N.4C11H8N.4Ir/c1-14-12-18(16-10-6-3-7-11-16)19-13-17(14)15-8-4-2-5-9-15;1-14-7-9-16(10-8-14)18-13-17(11-12-19-18)15-5-3-2-4-6-15;1-10-3-5-12(6-4-10)13-9-11(2)7-8-14-13;1-10-5-7-11(8-6-10)12-4-2-3-9-13-12;4*1-2-6-10(7-3-1)11-8-4-5-9-12-11;;;;/h2-10,12-13H,1H3;2-9,11-13H,1H3;3-5,7-9H,1-2H3;2-7,9H,1H3;4*1-6,8-9H;;;;/q8*-1;;;;. The van der Waals surface area contributed by atoms with Crippen LogP contribution in [0.15, 0.2) is 407 Å². The summed E-state index contributed by atoms with van der Waals surface area (Å²) in [6.07, 6.45) is 14.6. The smallest absolute Gasteiger partial charge is 0.0242 e. The van der Waals surface area contributed by atoms with Crippen LogP contribution in [-0.4, -0.2) is 39.9 Å². The molecule has 117 heavy (non-hydrogen) atoms. The Balaban J connectivity index is 0.000000185. The Labute approximate surface area is 744 Å². The minimum Gasteiger partial charge on any atom is -0.305 e. The molecule has 10 aromatic carbocycles. The van der Waals surface area contributed by atoms with Gasteiger partial charge < -0.3 is 39.9 Å². The summed E-state index contributed by atoms with van der Waals surface area (Å²) >= 11 is 0. The second kappa shape index (κ2) is 51.8. The van der Waals surface area contributed by atoms with Crippen LogP contribution in [0.5, 0.6) is 0 Å². The quantitative estimate of drug-likeness (QED) is 0.125. The van der Waals surface area contributed by atoms with Crippen LogP contribution in [0.4, 0.5) is 0 Å². The van der Waals surface area contributed by atoms with Crippen LogP contribution < -0.4 is 0 Å². The molecule has 0 atom stereocenters. The Morgan fingerprint density at radius 2 is 0.470 bits per heavy atom. The van der Waals surface area contributed by atoms with Crippen LogP contribution in [0.25, 0.3) is 112 Å². The molecule has 0 spiro atoms. The van der Waals surface area contributed by atoms with Crippen molar-refractivity contribution < 1.29 is 80.4 Å². The van der Waals surface area contributed by atoms with Gasteiger partial charge in [-0.15, -0.1) is 286 Å². The molecule has 8 aromatic heterocycles. The number of rotatable bonds is 10. The molecule has 0 saturated carbocycles. The average molecular weight is 2220 g/mol. The molecular formula is C105H82Ir4N8-8. The first-order chi connectivity index (χ1) is 55.6. The third kappa shape index (κ3) is 30.9. The van der Waals surface area contributed by atoms with Gasteiger partial charge in [0.2, 0.25) is 0 Å². The first kappa shape index (κ1) is 92.2. The molecule has 0 unspecified atom stereocenters. The molecule has 0 aliphatic rings. The summed E-state index contributed by atoms with van der Waals surface area (Å²) in [4.78, 5) is 34.4. The van der Waals surface area contributed by atoms with Crippen molar-refractivity contribution in [3.63, 3.8) is 0 Å². The fraction of sp³-hybridized carbons (Fsp3) is 0.0476. The minimum atomic E-state index is 0. The van der Waals surface area contributed by atoms with Gasteiger partial charge in [-0.2, -0.15) is 0 Å². The van der Waals surface area contributed by atoms with Crippen molar-refractivity contribution in [3.05, 3.63) is 484 Å². The summed E-state index contributed by atoms with van der Waals surface area (Å²) in [5, 5.41) is 0. The van der Waals surface area contributed by atoms with E-state index in [-0.39, 0.29) is 80.4 Å². The summed E-state index contributed by atoms with van der Waals surface area (Å²) in [5.41, 5.74) is 27.0. The monoisotopic (exact) mass is 2230 g/mol. The Morgan fingerprint density at radius 3 is 0.769 bits per heavy atom. The van der Waals surface area contributed by atoms with Gasteiger partial charge in [0.25, 0.3) is 0 Å². The molecular weight excluding hydrogens is 2140 g/mol. The van der Waals surface area contributed by atoms with Crippen LogP contribution >= 0.6 is 0 Å². The summed E-state index contributed by atoms with van der Waals surface area (Å²) < 4.78 is 0. The number of aryl methyl sites for hydroxylation is 5. The van der Waals surface area contributed by atoms with E-state index in [9.17, 15) is 0 Å². The number of benzene rings is 10. The van der Waals surface area contributed by atoms with Gasteiger partial charge in [-0.25, -0.2) is 0 Å². The SMILES string of the molecule is Cc1c[c-]c(-c2cc(-c3ccccc3)ccn2)cc1.Cc1c[c-]c(-c2cc(C)ccn2)cc1.Cc1c[c-]c(-c2ccccn2)cc1.Cc1cc(-c2[c-]cccc2)ncc1-c1ccccc1.[Ir].[Ir].[Ir].[Ir].[c-]1ccccc1-c1ccccn1.[c-]1ccccc1-c1ccccn1.[c-]1ccccc1-c1ccccn1.[c-]1ccccc1-c1ccccn1. The molecule has 0 aliphatic heterocycles. The molecule has 12 heteroatoms. The predicted molar refractivity (Wildman–Crippen MR) is 463 cm³/mol. The molecule has 4 radical (unpaired) electrons. The Morgan fingerprint density at radius 1 is 0.188 bits per heavy atom. The van der Waals surface area contributed by atoms with Crippen LogP contribution in [0.1, 0.15) is 27.8 Å². The van der Waals surface area contributed by atoms with Crippen LogP contribution in [0, 0.1) is 83.1 Å². The summed E-state index contributed by atoms with van der Waals surface area (Å²) in [6, 6.07) is 143. The zero-order valence-electron chi connectivity index (χ0n) is 65.1. The number of pyridine rings is 8. The van der Waals surface area contributed by atoms with Gasteiger partial charge in [0.15, 0.2) is 0 Å². The molecule has 0 fully saturated rings. The maximum absolute atomic E-state index is 4.55. The van der Waals surface area contributed by atoms with Crippen molar-refractivity contribution in [2.75, 3.05) is 0 Å². The van der Waals surface area contributed by atoms with Crippen molar-refractivity contribution in [1.82, 2.24) is 39.9 Å². The average Bonchev–Trinajstić information content (AvgIpc) is 0.823. The van der Waals surface area contributed by atoms with Gasteiger partial charge in [-0.3, -0.25) is 0 Å². The Hall–Kier alpha value is -12.0. The van der Waals surface area contributed by atoms with Crippen LogP contribution in [-0.2, 0) is 80.4 Å². The Bertz CT molecular complexity index is 5210. The first-order valence-electron chi connectivity index (χ1n) is 37.0. The van der Waals surface area contributed by atoms with Crippen molar-refractivity contribution in [2.24, 2.45) is 0 Å². The number of nitrogens with zero attached hydrogens (tertiary/aromatic N) is 8. The van der Waals surface area contributed by atoms with E-state index < -0.39 is 0 Å². The van der Waals surface area contributed by atoms with Crippen LogP contribution in [0.2, 0.25) is 0 Å². The van der Waals surface area contributed by atoms with E-state index >= 15 is 0 Å². The van der Waals surface area contributed by atoms with Gasteiger partial charge in [-0.1, -0.05) is 166 Å². The zero-order valence-corrected chi connectivity index (χ0v) is 74.7. The van der Waals surface area contributed by atoms with E-state index in [1.807, 2.05) is 304 Å². The van der Waals surface area contributed by atoms with Crippen molar-refractivity contribution in [1.29, 1.82) is 0 Å². The van der Waals surface area contributed by atoms with Gasteiger partial charge in [0.1, 0.15) is 0 Å². The molecule has 18 aromatic rings. The molecule has 0 N–H and O–H groups in total. The molecule has 0 bridgehead atoms. The Kier molecular flexibility index (Phi) is 40.8. The summed E-state index contributed by atoms with van der Waals surface area (Å²) in [7, 11) is 0. The van der Waals surface area contributed by atoms with E-state index in [0.29, 0.717) is 0 Å². The fourth-order valence-electron chi connectivity index (χ4n) is 11.1. The molecule has 18 rings (SSSR count). The fourth-order valence-corrected chi connectivity index (χ4v) is 11.1. The topological polar surface area (TPSA) is 103 Å². The first-order valence-corrected chi connectivity index (χ1v) is 37.0. The number of hydrogen-bond donors (Lipinski definition) is 0. The second-order valence-corrected chi connectivity index (χ2v) is 25.6. The van der Waals surface area contributed by atoms with Crippen molar-refractivity contribution >= 4 is 0 Å². The molecule has 8 nitrogen and oxygen atoms in total. The molecule has 586 valence electrons. The van der Waals surface area contributed by atoms with E-state index in [1.54, 1.807) is 31.0 Å². The predicted octanol–water partition coefficient (Wildman–Crippen LogP) is 25.3. The van der Waals surface area contributed by atoms with E-state index in [1.165, 1.54) is 50.1 Å². The number of hydrogen-bond acceptors (Lipinski definition) is 8. The van der Waals surface area contributed by atoms with Crippen LogP contribution in [0.3, 0.4) is 0 Å². The largest absolute Gasteiger partial charge is 0.305 e. The van der Waals surface area contributed by atoms with Gasteiger partial charge in [0.05, 0.1) is 0 Å². The maximum atomic E-state index is 4.55. The molecule has 0 aliphatic carbocycles. The normalized spacial score (nSPS) is 9.65. The van der Waals surface area contributed by atoms with Gasteiger partial charge >= 0.3 is 0 Å². The number of aromatic nitrogens is 8. The van der Waals surface area contributed by atoms with Crippen molar-refractivity contribution in [3.8, 4) is 112 Å². The molecule has 0 saturated heterocycles. The van der Waals surface area contributed by atoms with E-state index in [4.69, 9.17) is 0 Å². The molecule has 8 heterocycles. The molecule has 0 amide bonds. The third-order valence-electron chi connectivity index (χ3n) is 17.0. The van der Waals surface area contributed by atoms with Gasteiger partial charge in [0, 0.05) is 136 Å². The third-order valence-corrected chi connectivity index (χ3v) is 17.0. The summed E-state index contributed by atoms with van der Waals surface area (Å²) in [6.45, 7) is 10.4. The second-order valence-electron chi connectivity index (χ2n) is 25.6. The zero-order chi connectivity index (χ0) is 78.1. The van der Waals surface area contributed by atoms with E-state index in [2.05, 4.69) is 196 Å². The van der Waals surface area contributed by atoms with E-state index in [0.717, 1.165) is 90.1 Å². The minimum absolute atomic E-state index is 0. The van der Waals surface area contributed by atoms with Crippen molar-refractivity contribution in [2.45, 2.75) is 34.6 Å². The maximum Gasteiger partial charge on any atom is 0.0242 e. The summed E-state index contributed by atoms with van der Waals surface area (Å²) in [5.74, 6) is 0. The van der Waals surface area contributed by atoms with Gasteiger partial charge in [-0.05, 0) is 124 Å².